The lowest BCUT2D eigenvalue weighted by Crippen LogP contribution is -2.44. The van der Waals surface area contributed by atoms with Crippen molar-refractivity contribution >= 4 is 17.2 Å². The largest absolute Gasteiger partial charge is 0.488 e. The first kappa shape index (κ1) is 17.7. The molecule has 1 aromatic carbocycles. The van der Waals surface area contributed by atoms with Crippen LogP contribution in [0.1, 0.15) is 31.0 Å². The molecule has 0 radical (unpaired) electrons. The van der Waals surface area contributed by atoms with E-state index in [2.05, 4.69) is 33.7 Å². The Morgan fingerprint density at radius 3 is 2.59 bits per heavy atom. The third-order valence-electron chi connectivity index (χ3n) is 5.35. The van der Waals surface area contributed by atoms with E-state index in [1.807, 2.05) is 18.2 Å². The second kappa shape index (κ2) is 6.81. The predicted molar refractivity (Wildman–Crippen MR) is 107 cm³/mol. The Balaban J connectivity index is 1.57. The van der Waals surface area contributed by atoms with Crippen LogP contribution in [0, 0.1) is 5.41 Å². The van der Waals surface area contributed by atoms with Gasteiger partial charge in [0.1, 0.15) is 23.5 Å². The van der Waals surface area contributed by atoms with Crippen LogP contribution in [-0.4, -0.2) is 59.4 Å². The molecule has 2 heterocycles. The van der Waals surface area contributed by atoms with E-state index in [0.29, 0.717) is 16.9 Å². The summed E-state index contributed by atoms with van der Waals surface area (Å²) in [5.74, 6) is 1.60. The van der Waals surface area contributed by atoms with Crippen molar-refractivity contribution in [2.45, 2.75) is 25.4 Å². The van der Waals surface area contributed by atoms with Crippen LogP contribution in [-0.2, 0) is 0 Å². The van der Waals surface area contributed by atoms with Crippen LogP contribution >= 0.6 is 0 Å². The van der Waals surface area contributed by atoms with Gasteiger partial charge in [0.25, 0.3) is 0 Å². The molecule has 1 aliphatic carbocycles. The first-order valence-electron chi connectivity index (χ1n) is 9.37. The molecule has 1 saturated carbocycles. The van der Waals surface area contributed by atoms with Crippen LogP contribution in [0.4, 0.5) is 11.5 Å². The number of rotatable bonds is 5. The van der Waals surface area contributed by atoms with Crippen LogP contribution < -0.4 is 15.4 Å². The molecule has 1 saturated heterocycles. The lowest BCUT2D eigenvalue weighted by Gasteiger charge is -2.33. The fourth-order valence-corrected chi connectivity index (χ4v) is 3.21. The predicted octanol–water partition coefficient (Wildman–Crippen LogP) is 2.16. The molecule has 2 fully saturated rings. The fourth-order valence-electron chi connectivity index (χ4n) is 3.21. The summed E-state index contributed by atoms with van der Waals surface area (Å²) in [6.45, 7) is 5.94. The summed E-state index contributed by atoms with van der Waals surface area (Å²) < 4.78 is 6.03. The molecule has 7 heteroatoms. The zero-order chi connectivity index (χ0) is 19.0. The molecular weight excluding hydrogens is 340 g/mol. The molecular formula is C20H26N6O. The molecule has 4 rings (SSSR count). The van der Waals surface area contributed by atoms with Gasteiger partial charge < -0.3 is 20.3 Å². The third kappa shape index (κ3) is 3.88. The number of hydrogen-bond acceptors (Lipinski definition) is 7. The van der Waals surface area contributed by atoms with Gasteiger partial charge in [0.2, 0.25) is 0 Å². The highest BCUT2D eigenvalue weighted by Crippen LogP contribution is 2.40. The highest BCUT2D eigenvalue weighted by molar-refractivity contribution is 6.13. The summed E-state index contributed by atoms with van der Waals surface area (Å²) in [6.07, 6.45) is 3.65. The molecule has 142 valence electrons. The Morgan fingerprint density at radius 1 is 1.15 bits per heavy atom. The number of nitrogens with one attached hydrogen (secondary N) is 1. The molecule has 2 aromatic rings. The van der Waals surface area contributed by atoms with Crippen LogP contribution in [0.2, 0.25) is 0 Å². The topological polar surface area (TPSA) is 91.4 Å². The lowest BCUT2D eigenvalue weighted by atomic mass is 10.0. The summed E-state index contributed by atoms with van der Waals surface area (Å²) in [5, 5.41) is 8.65. The van der Waals surface area contributed by atoms with E-state index in [0.717, 1.165) is 50.6 Å². The Morgan fingerprint density at radius 2 is 1.89 bits per heavy atom. The normalized spacial score (nSPS) is 19.0. The number of aromatic nitrogens is 2. The van der Waals surface area contributed by atoms with E-state index < -0.39 is 0 Å². The number of anilines is 2. The first-order valence-corrected chi connectivity index (χ1v) is 9.37. The Bertz CT molecular complexity index is 855. The number of nitrogens with two attached hydrogens (primary N) is 1. The molecule has 0 amide bonds. The van der Waals surface area contributed by atoms with Crippen LogP contribution in [0.25, 0.3) is 0 Å². The van der Waals surface area contributed by atoms with Crippen LogP contribution in [0.5, 0.6) is 5.75 Å². The molecule has 1 aromatic heterocycles. The number of benzene rings is 1. The van der Waals surface area contributed by atoms with Crippen molar-refractivity contribution < 1.29 is 4.74 Å². The van der Waals surface area contributed by atoms with E-state index >= 15 is 0 Å². The van der Waals surface area contributed by atoms with Gasteiger partial charge in [-0.15, -0.1) is 0 Å². The Kier molecular flexibility index (Phi) is 4.47. The first-order chi connectivity index (χ1) is 12.9. The standard InChI is InChI=1S/C20H26N6O/c1-20(5-6-20)27-14-3-4-16(21)15(11-14)19(22)17-12-18(24-13-23-17)26-9-7-25(2)8-10-26/h3-4,11-13,22H,5-10,21H2,1-2H3. The minimum atomic E-state index is -0.0704. The van der Waals surface area contributed by atoms with E-state index in [1.165, 1.54) is 6.33 Å². The fraction of sp³-hybridized carbons (Fsp3) is 0.450. The number of nitrogens with zero attached hydrogens (tertiary/aromatic N) is 4. The summed E-state index contributed by atoms with van der Waals surface area (Å²) in [5.41, 5.74) is 8.12. The van der Waals surface area contributed by atoms with E-state index in [4.69, 9.17) is 15.9 Å². The third-order valence-corrected chi connectivity index (χ3v) is 5.35. The number of nitrogen functional groups attached to an aromatic ring is 1. The monoisotopic (exact) mass is 366 g/mol. The maximum absolute atomic E-state index is 8.65. The molecule has 0 spiro atoms. The van der Waals surface area contributed by atoms with Crippen LogP contribution in [0.3, 0.4) is 0 Å². The quantitative estimate of drug-likeness (QED) is 0.622. The number of piperazine rings is 1. The van der Waals surface area contributed by atoms with Gasteiger partial charge in [-0.3, -0.25) is 5.41 Å². The number of ether oxygens (including phenoxy) is 1. The summed E-state index contributed by atoms with van der Waals surface area (Å²) in [4.78, 5) is 13.2. The lowest BCUT2D eigenvalue weighted by molar-refractivity contribution is 0.200. The van der Waals surface area contributed by atoms with Gasteiger partial charge in [-0.05, 0) is 45.0 Å². The number of hydrogen-bond donors (Lipinski definition) is 2. The molecule has 7 nitrogen and oxygen atoms in total. The van der Waals surface area contributed by atoms with Gasteiger partial charge in [0.15, 0.2) is 0 Å². The van der Waals surface area contributed by atoms with Crippen molar-refractivity contribution in [2.24, 2.45) is 0 Å². The van der Waals surface area contributed by atoms with E-state index in [-0.39, 0.29) is 11.3 Å². The van der Waals surface area contributed by atoms with Gasteiger partial charge in [-0.1, -0.05) is 0 Å². The Labute approximate surface area is 159 Å². The Hall–Kier alpha value is -2.67. The van der Waals surface area contributed by atoms with Crippen molar-refractivity contribution in [3.8, 4) is 5.75 Å². The average molecular weight is 366 g/mol. The van der Waals surface area contributed by atoms with Gasteiger partial charge in [-0.25, -0.2) is 9.97 Å². The highest BCUT2D eigenvalue weighted by atomic mass is 16.5. The molecule has 2 aliphatic rings. The maximum Gasteiger partial charge on any atom is 0.132 e. The minimum absolute atomic E-state index is 0.0704. The zero-order valence-corrected chi connectivity index (χ0v) is 15.9. The van der Waals surface area contributed by atoms with Gasteiger partial charge in [0, 0.05) is 43.5 Å². The van der Waals surface area contributed by atoms with E-state index in [9.17, 15) is 0 Å². The molecule has 0 bridgehead atoms. The SMILES string of the molecule is CN1CCN(c2cc(C(=N)c3cc(OC4(C)CC4)ccc3N)ncn2)CC1. The molecule has 1 aliphatic heterocycles. The van der Waals surface area contributed by atoms with Crippen molar-refractivity contribution in [3.05, 3.63) is 41.9 Å². The van der Waals surface area contributed by atoms with Gasteiger partial charge >= 0.3 is 0 Å². The van der Waals surface area contributed by atoms with Crippen molar-refractivity contribution in [1.82, 2.24) is 14.9 Å². The molecule has 3 N–H and O–H groups in total. The number of likely N-dealkylation sites (N-methyl/N-ethyl adjacent to an activating group) is 1. The zero-order valence-electron chi connectivity index (χ0n) is 15.9. The van der Waals surface area contributed by atoms with E-state index in [1.54, 1.807) is 6.07 Å². The minimum Gasteiger partial charge on any atom is -0.488 e. The highest BCUT2D eigenvalue weighted by Gasteiger charge is 2.40. The summed E-state index contributed by atoms with van der Waals surface area (Å²) in [6, 6.07) is 7.39. The smallest absolute Gasteiger partial charge is 0.132 e. The molecule has 0 atom stereocenters. The second-order valence-electron chi connectivity index (χ2n) is 7.73. The van der Waals surface area contributed by atoms with Gasteiger partial charge in [-0.2, -0.15) is 0 Å². The molecule has 27 heavy (non-hydrogen) atoms. The van der Waals surface area contributed by atoms with Crippen molar-refractivity contribution in [3.63, 3.8) is 0 Å². The average Bonchev–Trinajstić information content (AvgIpc) is 3.40. The van der Waals surface area contributed by atoms with Crippen LogP contribution in [0.15, 0.2) is 30.6 Å². The molecule has 0 unspecified atom stereocenters. The van der Waals surface area contributed by atoms with Crippen molar-refractivity contribution in [1.29, 1.82) is 5.41 Å². The maximum atomic E-state index is 8.65. The van der Waals surface area contributed by atoms with Gasteiger partial charge in [0.05, 0.1) is 11.4 Å². The summed E-state index contributed by atoms with van der Waals surface area (Å²) in [7, 11) is 2.12. The van der Waals surface area contributed by atoms with Crippen molar-refractivity contribution in [2.75, 3.05) is 43.9 Å². The summed E-state index contributed by atoms with van der Waals surface area (Å²) >= 11 is 0. The second-order valence-corrected chi connectivity index (χ2v) is 7.73.